The number of halogens is 2. The number of benzene rings is 1. The maximum Gasteiger partial charge on any atom is 0.318 e. The van der Waals surface area contributed by atoms with E-state index in [-0.39, 0.29) is 11.3 Å². The van der Waals surface area contributed by atoms with Gasteiger partial charge in [0.25, 0.3) is 0 Å². The molecule has 1 aromatic rings. The van der Waals surface area contributed by atoms with Gasteiger partial charge in [-0.25, -0.2) is 8.78 Å². The SMILES string of the molecule is CC(C(=O)O)S(=O)Cc1cccc(F)c1F. The van der Waals surface area contributed by atoms with Gasteiger partial charge in [0, 0.05) is 16.4 Å². The molecule has 1 N–H and O–H groups in total. The minimum atomic E-state index is -1.77. The predicted molar refractivity (Wildman–Crippen MR) is 55.3 cm³/mol. The second-order valence-corrected chi connectivity index (χ2v) is 4.98. The van der Waals surface area contributed by atoms with Crippen molar-refractivity contribution >= 4 is 16.8 Å². The van der Waals surface area contributed by atoms with Crippen LogP contribution in [0.2, 0.25) is 0 Å². The molecule has 0 heterocycles. The van der Waals surface area contributed by atoms with Crippen molar-refractivity contribution in [1.29, 1.82) is 0 Å². The van der Waals surface area contributed by atoms with Crippen LogP contribution >= 0.6 is 0 Å². The highest BCUT2D eigenvalue weighted by Crippen LogP contribution is 2.14. The van der Waals surface area contributed by atoms with E-state index in [4.69, 9.17) is 5.11 Å². The predicted octanol–water partition coefficient (Wildman–Crippen LogP) is 1.69. The lowest BCUT2D eigenvalue weighted by Crippen LogP contribution is -2.23. The van der Waals surface area contributed by atoms with Crippen molar-refractivity contribution in [2.45, 2.75) is 17.9 Å². The van der Waals surface area contributed by atoms with Gasteiger partial charge in [0.15, 0.2) is 11.6 Å². The van der Waals surface area contributed by atoms with Gasteiger partial charge in [-0.3, -0.25) is 9.00 Å². The van der Waals surface area contributed by atoms with Crippen molar-refractivity contribution in [3.05, 3.63) is 35.4 Å². The highest BCUT2D eigenvalue weighted by molar-refractivity contribution is 7.85. The molecule has 2 atom stereocenters. The Hall–Kier alpha value is -1.30. The van der Waals surface area contributed by atoms with Gasteiger partial charge in [0.05, 0.1) is 5.75 Å². The zero-order valence-electron chi connectivity index (χ0n) is 8.44. The van der Waals surface area contributed by atoms with E-state index in [0.717, 1.165) is 6.07 Å². The number of rotatable bonds is 4. The Balaban J connectivity index is 2.85. The molecule has 0 amide bonds. The van der Waals surface area contributed by atoms with Gasteiger partial charge in [-0.05, 0) is 13.0 Å². The summed E-state index contributed by atoms with van der Waals surface area (Å²) in [4.78, 5) is 10.5. The minimum Gasteiger partial charge on any atom is -0.480 e. The fourth-order valence-corrected chi connectivity index (χ4v) is 2.06. The molecule has 0 aliphatic rings. The summed E-state index contributed by atoms with van der Waals surface area (Å²) in [5, 5.41) is 7.48. The zero-order valence-corrected chi connectivity index (χ0v) is 9.26. The topological polar surface area (TPSA) is 54.4 Å². The molecule has 0 bridgehead atoms. The molecule has 0 aromatic heterocycles. The molecule has 0 aliphatic heterocycles. The third kappa shape index (κ3) is 2.85. The first-order chi connectivity index (χ1) is 7.43. The Morgan fingerprint density at radius 2 is 2.12 bits per heavy atom. The normalized spacial score (nSPS) is 14.4. The van der Waals surface area contributed by atoms with Gasteiger partial charge >= 0.3 is 5.97 Å². The molecule has 16 heavy (non-hydrogen) atoms. The van der Waals surface area contributed by atoms with Crippen LogP contribution in [0, 0.1) is 11.6 Å². The average Bonchev–Trinajstić information content (AvgIpc) is 2.23. The van der Waals surface area contributed by atoms with Crippen LogP contribution in [0.4, 0.5) is 8.78 Å². The largest absolute Gasteiger partial charge is 0.480 e. The van der Waals surface area contributed by atoms with Crippen LogP contribution in [0.15, 0.2) is 18.2 Å². The summed E-state index contributed by atoms with van der Waals surface area (Å²) in [6.45, 7) is 1.26. The number of carbonyl (C=O) groups is 1. The van der Waals surface area contributed by atoms with Crippen molar-refractivity contribution in [3.8, 4) is 0 Å². The smallest absolute Gasteiger partial charge is 0.318 e. The molecule has 0 saturated heterocycles. The molecule has 1 aromatic carbocycles. The Morgan fingerprint density at radius 1 is 1.50 bits per heavy atom. The molecule has 0 aliphatic carbocycles. The highest BCUT2D eigenvalue weighted by Gasteiger charge is 2.20. The van der Waals surface area contributed by atoms with E-state index in [1.54, 1.807) is 0 Å². The molecule has 3 nitrogen and oxygen atoms in total. The van der Waals surface area contributed by atoms with Crippen LogP contribution in [-0.4, -0.2) is 20.5 Å². The zero-order chi connectivity index (χ0) is 12.3. The van der Waals surface area contributed by atoms with Gasteiger partial charge in [0.2, 0.25) is 0 Å². The molecule has 0 saturated carbocycles. The Morgan fingerprint density at radius 3 is 2.69 bits per heavy atom. The lowest BCUT2D eigenvalue weighted by molar-refractivity contribution is -0.136. The summed E-state index contributed by atoms with van der Waals surface area (Å²) in [5.41, 5.74) is -0.0774. The Bertz CT molecular complexity index is 434. The monoisotopic (exact) mass is 248 g/mol. The maximum atomic E-state index is 13.2. The van der Waals surface area contributed by atoms with E-state index >= 15 is 0 Å². The van der Waals surface area contributed by atoms with Gasteiger partial charge in [0.1, 0.15) is 5.25 Å². The standard InChI is InChI=1S/C10H10F2O3S/c1-6(10(13)14)16(15)5-7-3-2-4-8(11)9(7)12/h2-4,6H,5H2,1H3,(H,13,14). The summed E-state index contributed by atoms with van der Waals surface area (Å²) < 4.78 is 37.4. The van der Waals surface area contributed by atoms with Crippen molar-refractivity contribution in [2.24, 2.45) is 0 Å². The van der Waals surface area contributed by atoms with Gasteiger partial charge in [-0.1, -0.05) is 12.1 Å². The Kier molecular flexibility index (Phi) is 4.12. The summed E-state index contributed by atoms with van der Waals surface area (Å²) >= 11 is 0. The van der Waals surface area contributed by atoms with Gasteiger partial charge in [-0.15, -0.1) is 0 Å². The first-order valence-electron chi connectivity index (χ1n) is 4.46. The first-order valence-corrected chi connectivity index (χ1v) is 5.84. The average molecular weight is 248 g/mol. The second kappa shape index (κ2) is 5.16. The van der Waals surface area contributed by atoms with Crippen molar-refractivity contribution in [3.63, 3.8) is 0 Å². The number of carboxylic acid groups (broad SMARTS) is 1. The molecular weight excluding hydrogens is 238 g/mol. The fourth-order valence-electron chi connectivity index (χ4n) is 1.05. The molecule has 0 fully saturated rings. The number of aliphatic carboxylic acids is 1. The van der Waals surface area contributed by atoms with Crippen molar-refractivity contribution in [2.75, 3.05) is 0 Å². The molecule has 88 valence electrons. The number of carboxylic acids is 1. The van der Waals surface area contributed by atoms with Crippen LogP contribution in [0.1, 0.15) is 12.5 Å². The molecule has 2 unspecified atom stereocenters. The summed E-state index contributed by atoms with van der Waals surface area (Å²) in [7, 11) is -1.77. The lowest BCUT2D eigenvalue weighted by atomic mass is 10.2. The van der Waals surface area contributed by atoms with E-state index in [1.807, 2.05) is 0 Å². The maximum absolute atomic E-state index is 13.2. The summed E-state index contributed by atoms with van der Waals surface area (Å²) in [6, 6.07) is 3.52. The van der Waals surface area contributed by atoms with E-state index < -0.39 is 33.7 Å². The third-order valence-corrected chi connectivity index (χ3v) is 3.66. The third-order valence-electron chi connectivity index (χ3n) is 2.07. The van der Waals surface area contributed by atoms with Crippen molar-refractivity contribution in [1.82, 2.24) is 0 Å². The van der Waals surface area contributed by atoms with E-state index in [9.17, 15) is 17.8 Å². The number of hydrogen-bond donors (Lipinski definition) is 1. The number of hydrogen-bond acceptors (Lipinski definition) is 2. The molecular formula is C10H10F2O3S. The fraction of sp³-hybridized carbons (Fsp3) is 0.300. The molecule has 0 radical (unpaired) electrons. The second-order valence-electron chi connectivity index (χ2n) is 3.22. The van der Waals surface area contributed by atoms with Crippen LogP contribution in [-0.2, 0) is 21.3 Å². The molecule has 6 heteroatoms. The van der Waals surface area contributed by atoms with Gasteiger partial charge < -0.3 is 5.11 Å². The quantitative estimate of drug-likeness (QED) is 0.882. The minimum absolute atomic E-state index is 0.0774. The van der Waals surface area contributed by atoms with Crippen LogP contribution in [0.25, 0.3) is 0 Å². The van der Waals surface area contributed by atoms with Crippen LogP contribution in [0.3, 0.4) is 0 Å². The van der Waals surface area contributed by atoms with Gasteiger partial charge in [-0.2, -0.15) is 0 Å². The van der Waals surface area contributed by atoms with E-state index in [0.29, 0.717) is 0 Å². The molecule has 0 spiro atoms. The summed E-state index contributed by atoms with van der Waals surface area (Å²) in [5.74, 6) is -3.64. The van der Waals surface area contributed by atoms with Crippen LogP contribution in [0.5, 0.6) is 0 Å². The summed E-state index contributed by atoms with van der Waals surface area (Å²) in [6.07, 6.45) is 0. The van der Waals surface area contributed by atoms with Crippen molar-refractivity contribution < 1.29 is 22.9 Å². The van der Waals surface area contributed by atoms with E-state index in [2.05, 4.69) is 0 Å². The van der Waals surface area contributed by atoms with E-state index in [1.165, 1.54) is 19.1 Å². The van der Waals surface area contributed by atoms with Crippen LogP contribution < -0.4 is 0 Å². The molecule has 1 rings (SSSR count). The Labute approximate surface area is 93.6 Å². The lowest BCUT2D eigenvalue weighted by Gasteiger charge is -2.07. The highest BCUT2D eigenvalue weighted by atomic mass is 32.2. The first kappa shape index (κ1) is 12.8.